The molecule has 0 fully saturated rings. The molecule has 8 aromatic carbocycles. The number of H-pyrrole nitrogens is 1. The molecule has 0 atom stereocenters. The highest BCUT2D eigenvalue weighted by Crippen LogP contribution is 2.40. The highest BCUT2D eigenvalue weighted by molar-refractivity contribution is 9.10. The lowest BCUT2D eigenvalue weighted by molar-refractivity contribution is 1.18. The minimum atomic E-state index is 0.667. The van der Waals surface area contributed by atoms with Gasteiger partial charge in [-0.15, -0.1) is 0 Å². The van der Waals surface area contributed by atoms with E-state index < -0.39 is 0 Å². The van der Waals surface area contributed by atoms with E-state index in [0.717, 1.165) is 105 Å². The summed E-state index contributed by atoms with van der Waals surface area (Å²) in [6.07, 6.45) is 0. The van der Waals surface area contributed by atoms with E-state index in [0.29, 0.717) is 11.6 Å². The highest BCUT2D eigenvalue weighted by atomic mass is 79.9. The zero-order chi connectivity index (χ0) is 41.4. The minimum absolute atomic E-state index is 0.667. The predicted molar refractivity (Wildman–Crippen MR) is 258 cm³/mol. The molecule has 0 amide bonds. The summed E-state index contributed by atoms with van der Waals surface area (Å²) in [5.74, 6) is 1.34. The van der Waals surface area contributed by atoms with E-state index in [1.165, 1.54) is 0 Å². The van der Waals surface area contributed by atoms with Crippen LogP contribution in [0.25, 0.3) is 112 Å². The van der Waals surface area contributed by atoms with Gasteiger partial charge in [-0.25, -0.2) is 19.9 Å². The summed E-state index contributed by atoms with van der Waals surface area (Å²) in [4.78, 5) is 24.4. The van der Waals surface area contributed by atoms with Crippen molar-refractivity contribution in [3.8, 4) is 90.1 Å². The molecule has 0 saturated heterocycles. The lowest BCUT2D eigenvalue weighted by atomic mass is 9.94. The van der Waals surface area contributed by atoms with Gasteiger partial charge in [-0.05, 0) is 71.3 Å². The summed E-state index contributed by atoms with van der Waals surface area (Å²) in [6.45, 7) is 0. The van der Waals surface area contributed by atoms with Crippen molar-refractivity contribution < 1.29 is 0 Å². The summed E-state index contributed by atoms with van der Waals surface area (Å²) in [5, 5.41) is 2.27. The van der Waals surface area contributed by atoms with Gasteiger partial charge in [0.2, 0.25) is 0 Å². The van der Waals surface area contributed by atoms with Crippen molar-refractivity contribution in [3.63, 3.8) is 0 Å². The fourth-order valence-corrected chi connectivity index (χ4v) is 8.57. The molecule has 0 radical (unpaired) electrons. The Morgan fingerprint density at radius 1 is 0.306 bits per heavy atom. The number of hydrogen-bond donors (Lipinski definition) is 1. The Kier molecular flexibility index (Phi) is 9.60. The number of nitrogens with zero attached hydrogens (tertiary/aromatic N) is 4. The summed E-state index contributed by atoms with van der Waals surface area (Å²) in [5.41, 5.74) is 15.9. The van der Waals surface area contributed by atoms with Gasteiger partial charge < -0.3 is 4.98 Å². The fraction of sp³-hybridized carbons (Fsp3) is 0. The molecule has 0 aliphatic rings. The van der Waals surface area contributed by atoms with Gasteiger partial charge >= 0.3 is 0 Å². The molecular formula is C56H36BrN5. The largest absolute Gasteiger partial charge is 0.354 e. The zero-order valence-corrected chi connectivity index (χ0v) is 35.0. The molecule has 62 heavy (non-hydrogen) atoms. The lowest BCUT2D eigenvalue weighted by Crippen LogP contribution is -1.96. The van der Waals surface area contributed by atoms with Gasteiger partial charge in [0.15, 0.2) is 11.6 Å². The Balaban J connectivity index is 1.07. The van der Waals surface area contributed by atoms with Gasteiger partial charge in [0.05, 0.1) is 28.3 Å². The molecule has 11 aromatic rings. The van der Waals surface area contributed by atoms with Crippen LogP contribution in [-0.2, 0) is 0 Å². The molecule has 1 N–H and O–H groups in total. The number of hydrogen-bond acceptors (Lipinski definition) is 4. The van der Waals surface area contributed by atoms with Crippen molar-refractivity contribution in [3.05, 3.63) is 217 Å². The first-order valence-corrected chi connectivity index (χ1v) is 21.4. The van der Waals surface area contributed by atoms with Gasteiger partial charge in [0.1, 0.15) is 0 Å². The number of aromatic nitrogens is 5. The molecule has 11 rings (SSSR count). The molecular weight excluding hydrogens is 823 g/mol. The first-order valence-electron chi connectivity index (χ1n) is 20.6. The van der Waals surface area contributed by atoms with Crippen LogP contribution in [0.15, 0.2) is 217 Å². The third kappa shape index (κ3) is 7.27. The second kappa shape index (κ2) is 16.0. The van der Waals surface area contributed by atoms with E-state index in [-0.39, 0.29) is 0 Å². The van der Waals surface area contributed by atoms with Crippen LogP contribution < -0.4 is 0 Å². The average Bonchev–Trinajstić information content (AvgIpc) is 3.72. The van der Waals surface area contributed by atoms with Gasteiger partial charge in [0, 0.05) is 59.7 Å². The first kappa shape index (κ1) is 37.2. The Labute approximate surface area is 367 Å². The maximum absolute atomic E-state index is 5.16. The van der Waals surface area contributed by atoms with Crippen LogP contribution in [0.2, 0.25) is 0 Å². The Morgan fingerprint density at radius 2 is 0.726 bits per heavy atom. The molecule has 6 heteroatoms. The molecule has 0 aliphatic heterocycles. The second-order valence-corrected chi connectivity index (χ2v) is 16.2. The lowest BCUT2D eigenvalue weighted by Gasteiger charge is -2.13. The molecule has 0 unspecified atom stereocenters. The van der Waals surface area contributed by atoms with Gasteiger partial charge in [-0.2, -0.15) is 0 Å². The van der Waals surface area contributed by atoms with E-state index in [9.17, 15) is 0 Å². The van der Waals surface area contributed by atoms with Crippen molar-refractivity contribution in [1.82, 2.24) is 24.9 Å². The third-order valence-electron chi connectivity index (χ3n) is 11.3. The van der Waals surface area contributed by atoms with E-state index in [1.54, 1.807) is 0 Å². The van der Waals surface area contributed by atoms with Crippen LogP contribution in [-0.4, -0.2) is 24.9 Å². The van der Waals surface area contributed by atoms with Gasteiger partial charge in [-0.3, -0.25) is 0 Å². The Hall–Kier alpha value is -7.80. The quantitative estimate of drug-likeness (QED) is 0.165. The van der Waals surface area contributed by atoms with E-state index in [4.69, 9.17) is 19.9 Å². The minimum Gasteiger partial charge on any atom is -0.354 e. The molecule has 5 nitrogen and oxygen atoms in total. The van der Waals surface area contributed by atoms with Gasteiger partial charge in [0.25, 0.3) is 0 Å². The average molecular weight is 859 g/mol. The zero-order valence-electron chi connectivity index (χ0n) is 33.4. The molecule has 0 bridgehead atoms. The maximum atomic E-state index is 5.16. The molecule has 0 aliphatic carbocycles. The van der Waals surface area contributed by atoms with Crippen molar-refractivity contribution in [1.29, 1.82) is 0 Å². The van der Waals surface area contributed by atoms with E-state index >= 15 is 0 Å². The number of aromatic amines is 1. The monoisotopic (exact) mass is 857 g/mol. The summed E-state index contributed by atoms with van der Waals surface area (Å²) in [7, 11) is 0. The van der Waals surface area contributed by atoms with Crippen LogP contribution in [0.3, 0.4) is 0 Å². The summed E-state index contributed by atoms with van der Waals surface area (Å²) >= 11 is 3.75. The topological polar surface area (TPSA) is 67.3 Å². The first-order chi connectivity index (χ1) is 30.6. The number of rotatable bonds is 8. The van der Waals surface area contributed by atoms with Crippen LogP contribution >= 0.6 is 15.9 Å². The van der Waals surface area contributed by atoms with Gasteiger partial charge in [-0.1, -0.05) is 174 Å². The number of fused-ring (bicyclic) bond motifs is 3. The molecule has 292 valence electrons. The predicted octanol–water partition coefficient (Wildman–Crippen LogP) is 15.0. The Morgan fingerprint density at radius 3 is 1.21 bits per heavy atom. The fourth-order valence-electron chi connectivity index (χ4n) is 8.21. The van der Waals surface area contributed by atoms with E-state index in [1.807, 2.05) is 72.8 Å². The van der Waals surface area contributed by atoms with Crippen molar-refractivity contribution in [2.24, 2.45) is 0 Å². The number of benzene rings is 8. The van der Waals surface area contributed by atoms with Crippen LogP contribution in [0, 0.1) is 0 Å². The van der Waals surface area contributed by atoms with Crippen LogP contribution in [0.5, 0.6) is 0 Å². The van der Waals surface area contributed by atoms with Crippen LogP contribution in [0.4, 0.5) is 0 Å². The highest BCUT2D eigenvalue weighted by Gasteiger charge is 2.18. The van der Waals surface area contributed by atoms with E-state index in [2.05, 4.69) is 160 Å². The molecule has 0 spiro atoms. The standard InChI is InChI=1S/C56H36BrN5/c57-45-27-28-49-47(33-45)48-32-44(40-23-13-25-42(29-40)55-59-50(36-15-5-1-6-16-36)34-51(60-55)37-17-7-2-8-18-37)31-46(54(48)58-49)41-24-14-26-43(30-41)56-61-52(38-19-9-3-10-20-38)35-53(62-56)39-21-11-4-12-22-39/h1-35,58H. The molecule has 3 aromatic heterocycles. The SMILES string of the molecule is Brc1ccc2[nH]c3c(-c4cccc(-c5nc(-c6ccccc6)cc(-c6ccccc6)n5)c4)cc(-c4cccc(-c5nc(-c6ccccc6)cc(-c6ccccc6)n5)c4)cc3c2c1. The Bertz CT molecular complexity index is 3290. The molecule has 0 saturated carbocycles. The second-order valence-electron chi connectivity index (χ2n) is 15.3. The number of halogens is 1. The van der Waals surface area contributed by atoms with Crippen LogP contribution in [0.1, 0.15) is 0 Å². The van der Waals surface area contributed by atoms with Crippen molar-refractivity contribution in [2.45, 2.75) is 0 Å². The summed E-state index contributed by atoms with van der Waals surface area (Å²) in [6, 6.07) is 73.5. The third-order valence-corrected chi connectivity index (χ3v) is 11.8. The summed E-state index contributed by atoms with van der Waals surface area (Å²) < 4.78 is 1.02. The normalized spacial score (nSPS) is 11.3. The van der Waals surface area contributed by atoms with Crippen molar-refractivity contribution in [2.75, 3.05) is 0 Å². The maximum Gasteiger partial charge on any atom is 0.160 e. The number of nitrogens with one attached hydrogen (secondary N) is 1. The molecule has 3 heterocycles. The van der Waals surface area contributed by atoms with Crippen molar-refractivity contribution >= 4 is 37.7 Å². The smallest absolute Gasteiger partial charge is 0.160 e.